The van der Waals surface area contributed by atoms with Crippen molar-refractivity contribution in [2.75, 3.05) is 29.0 Å². The van der Waals surface area contributed by atoms with E-state index >= 15 is 0 Å². The molecule has 120 valence electrons. The van der Waals surface area contributed by atoms with Gasteiger partial charge >= 0.3 is 0 Å². The number of rotatable bonds is 3. The van der Waals surface area contributed by atoms with E-state index in [1.54, 1.807) is 18.5 Å². The molecule has 23 heavy (non-hydrogen) atoms. The van der Waals surface area contributed by atoms with Crippen LogP contribution in [0.4, 0.5) is 21.5 Å². The van der Waals surface area contributed by atoms with Crippen molar-refractivity contribution in [2.45, 2.75) is 19.3 Å². The summed E-state index contributed by atoms with van der Waals surface area (Å²) >= 11 is 5.43. The lowest BCUT2D eigenvalue weighted by Gasteiger charge is -2.31. The third-order valence-electron chi connectivity index (χ3n) is 4.00. The van der Waals surface area contributed by atoms with Crippen molar-refractivity contribution in [1.82, 2.24) is 4.98 Å². The van der Waals surface area contributed by atoms with Gasteiger partial charge in [-0.05, 0) is 37.5 Å². The minimum Gasteiger partial charge on any atom is -0.396 e. The van der Waals surface area contributed by atoms with Gasteiger partial charge in [-0.15, -0.1) is 0 Å². The van der Waals surface area contributed by atoms with Gasteiger partial charge < -0.3 is 16.0 Å². The van der Waals surface area contributed by atoms with Crippen LogP contribution in [-0.4, -0.2) is 23.1 Å². The second-order valence-corrected chi connectivity index (χ2v) is 6.04. The predicted molar refractivity (Wildman–Crippen MR) is 96.4 cm³/mol. The summed E-state index contributed by atoms with van der Waals surface area (Å²) in [6.45, 7) is 1.89. The number of nitrogens with two attached hydrogens (primary N) is 1. The van der Waals surface area contributed by atoms with Crippen molar-refractivity contribution in [3.63, 3.8) is 0 Å². The van der Waals surface area contributed by atoms with E-state index in [9.17, 15) is 4.39 Å². The van der Waals surface area contributed by atoms with Crippen molar-refractivity contribution >= 4 is 34.3 Å². The number of halogens is 1. The van der Waals surface area contributed by atoms with Crippen LogP contribution in [-0.2, 0) is 0 Å². The highest BCUT2D eigenvalue weighted by molar-refractivity contribution is 7.81. The van der Waals surface area contributed by atoms with Gasteiger partial charge in [0, 0.05) is 37.1 Å². The molecule has 1 fully saturated rings. The number of benzene rings is 1. The fraction of sp³-hybridized carbons (Fsp3) is 0.294. The van der Waals surface area contributed by atoms with Gasteiger partial charge in [-0.3, -0.25) is 4.98 Å². The first-order valence-corrected chi connectivity index (χ1v) is 8.11. The van der Waals surface area contributed by atoms with E-state index in [0.717, 1.165) is 37.2 Å². The summed E-state index contributed by atoms with van der Waals surface area (Å²) in [6, 6.07) is 6.76. The number of pyridine rings is 1. The van der Waals surface area contributed by atoms with Crippen LogP contribution in [0.15, 0.2) is 36.7 Å². The van der Waals surface area contributed by atoms with Gasteiger partial charge in [0.2, 0.25) is 0 Å². The second-order valence-electron chi connectivity index (χ2n) is 5.63. The third kappa shape index (κ3) is 3.59. The molecule has 6 heteroatoms. The maximum atomic E-state index is 13.9. The van der Waals surface area contributed by atoms with Gasteiger partial charge in [0.05, 0.1) is 17.1 Å². The summed E-state index contributed by atoms with van der Waals surface area (Å²) in [5, 5.41) is 3.16. The molecule has 1 aromatic carbocycles. The van der Waals surface area contributed by atoms with Crippen LogP contribution < -0.4 is 16.0 Å². The molecule has 0 saturated carbocycles. The van der Waals surface area contributed by atoms with Crippen LogP contribution >= 0.6 is 12.2 Å². The van der Waals surface area contributed by atoms with Crippen LogP contribution in [0.3, 0.4) is 0 Å². The lowest BCUT2D eigenvalue weighted by atomic mass is 10.1. The topological polar surface area (TPSA) is 54.2 Å². The Labute approximate surface area is 140 Å². The van der Waals surface area contributed by atoms with E-state index in [1.807, 2.05) is 12.1 Å². The van der Waals surface area contributed by atoms with Gasteiger partial charge in [0.25, 0.3) is 0 Å². The van der Waals surface area contributed by atoms with Crippen LogP contribution in [0, 0.1) is 5.82 Å². The maximum Gasteiger partial charge on any atom is 0.148 e. The highest BCUT2D eigenvalue weighted by Gasteiger charge is 2.18. The first-order valence-electron chi connectivity index (χ1n) is 7.70. The quantitative estimate of drug-likeness (QED) is 0.665. The Bertz CT molecular complexity index is 699. The number of anilines is 3. The molecule has 0 unspecified atom stereocenters. The molecule has 3 rings (SSSR count). The molecule has 1 aliphatic rings. The summed E-state index contributed by atoms with van der Waals surface area (Å²) < 4.78 is 13.9. The fourth-order valence-corrected chi connectivity index (χ4v) is 3.02. The number of hydrogen-bond donors (Lipinski definition) is 2. The number of hydrogen-bond acceptors (Lipinski definition) is 4. The Hall–Kier alpha value is -2.21. The Balaban J connectivity index is 1.90. The largest absolute Gasteiger partial charge is 0.396 e. The third-order valence-corrected chi connectivity index (χ3v) is 4.34. The van der Waals surface area contributed by atoms with Crippen LogP contribution in [0.5, 0.6) is 0 Å². The summed E-state index contributed by atoms with van der Waals surface area (Å²) in [5.41, 5.74) is 8.33. The van der Waals surface area contributed by atoms with Crippen molar-refractivity contribution in [3.05, 3.63) is 48.0 Å². The highest BCUT2D eigenvalue weighted by Crippen LogP contribution is 2.32. The van der Waals surface area contributed by atoms with Gasteiger partial charge in [0.15, 0.2) is 0 Å². The van der Waals surface area contributed by atoms with Crippen molar-refractivity contribution in [1.29, 1.82) is 0 Å². The van der Waals surface area contributed by atoms with E-state index in [0.29, 0.717) is 10.7 Å². The van der Waals surface area contributed by atoms with Crippen LogP contribution in [0.2, 0.25) is 0 Å². The normalized spacial score (nSPS) is 14.6. The molecule has 0 radical (unpaired) electrons. The number of nitrogens with zero attached hydrogens (tertiary/aromatic N) is 2. The molecule has 1 aromatic heterocycles. The lowest BCUT2D eigenvalue weighted by molar-refractivity contribution is 0.577. The molecule has 0 bridgehead atoms. The second kappa shape index (κ2) is 6.91. The Morgan fingerprint density at radius 2 is 1.87 bits per heavy atom. The van der Waals surface area contributed by atoms with Gasteiger partial charge in [-0.1, -0.05) is 12.2 Å². The Kier molecular flexibility index (Phi) is 4.71. The average molecular weight is 330 g/mol. The number of thiocarbonyl (C=S) groups is 1. The molecule has 0 aliphatic carbocycles. The molecular weight excluding hydrogens is 311 g/mol. The van der Waals surface area contributed by atoms with Gasteiger partial charge in [0.1, 0.15) is 10.8 Å². The molecule has 2 aromatic rings. The van der Waals surface area contributed by atoms with Gasteiger partial charge in [-0.2, -0.15) is 0 Å². The van der Waals surface area contributed by atoms with Gasteiger partial charge in [-0.25, -0.2) is 4.39 Å². The van der Waals surface area contributed by atoms with Crippen LogP contribution in [0.1, 0.15) is 24.8 Å². The summed E-state index contributed by atoms with van der Waals surface area (Å²) in [4.78, 5) is 6.75. The standard InChI is InChI=1S/C17H19FN4S/c18-13-10-15(21-17(23)12-4-6-20-7-5-12)16(11-14(13)19)22-8-2-1-3-9-22/h4-7,10-11H,1-3,8-9,19H2,(H,21,23). The van der Waals surface area contributed by atoms with Crippen molar-refractivity contribution in [2.24, 2.45) is 0 Å². The molecule has 0 spiro atoms. The van der Waals surface area contributed by atoms with E-state index < -0.39 is 5.82 Å². The monoisotopic (exact) mass is 330 g/mol. The zero-order valence-electron chi connectivity index (χ0n) is 12.8. The zero-order valence-corrected chi connectivity index (χ0v) is 13.6. The molecule has 4 nitrogen and oxygen atoms in total. The average Bonchev–Trinajstić information content (AvgIpc) is 2.59. The molecular formula is C17H19FN4S. The first kappa shape index (κ1) is 15.7. The molecule has 3 N–H and O–H groups in total. The molecule has 1 aliphatic heterocycles. The molecule has 0 atom stereocenters. The predicted octanol–water partition coefficient (Wildman–Crippen LogP) is 3.58. The summed E-state index contributed by atoms with van der Waals surface area (Å²) in [5.74, 6) is -0.439. The van der Waals surface area contributed by atoms with E-state index in [4.69, 9.17) is 18.0 Å². The van der Waals surface area contributed by atoms with Crippen molar-refractivity contribution in [3.8, 4) is 0 Å². The zero-order chi connectivity index (χ0) is 16.2. The first-order chi connectivity index (χ1) is 11.1. The molecule has 2 heterocycles. The minimum atomic E-state index is -0.439. The number of nitrogens with one attached hydrogen (secondary N) is 1. The number of nitrogen functional groups attached to an aromatic ring is 1. The maximum absolute atomic E-state index is 13.9. The molecule has 0 amide bonds. The minimum absolute atomic E-state index is 0.158. The SMILES string of the molecule is Nc1cc(N2CCCCC2)c(NC(=S)c2ccncc2)cc1F. The van der Waals surface area contributed by atoms with E-state index in [1.165, 1.54) is 12.5 Å². The number of piperidine rings is 1. The smallest absolute Gasteiger partial charge is 0.148 e. The highest BCUT2D eigenvalue weighted by atomic mass is 32.1. The summed E-state index contributed by atoms with van der Waals surface area (Å²) in [6.07, 6.45) is 6.85. The number of aromatic nitrogens is 1. The fourth-order valence-electron chi connectivity index (χ4n) is 2.77. The Morgan fingerprint density at radius 1 is 1.17 bits per heavy atom. The van der Waals surface area contributed by atoms with E-state index in [2.05, 4.69) is 15.2 Å². The summed E-state index contributed by atoms with van der Waals surface area (Å²) in [7, 11) is 0. The lowest BCUT2D eigenvalue weighted by Crippen LogP contribution is -2.30. The van der Waals surface area contributed by atoms with Crippen molar-refractivity contribution < 1.29 is 4.39 Å². The molecule has 1 saturated heterocycles. The van der Waals surface area contributed by atoms with E-state index in [-0.39, 0.29) is 5.69 Å². The van der Waals surface area contributed by atoms with Crippen LogP contribution in [0.25, 0.3) is 0 Å². The Morgan fingerprint density at radius 3 is 2.57 bits per heavy atom.